The van der Waals surface area contributed by atoms with Gasteiger partial charge in [0.2, 0.25) is 5.69 Å². The molecule has 0 bridgehead atoms. The highest BCUT2D eigenvalue weighted by Crippen LogP contribution is 2.31. The van der Waals surface area contributed by atoms with Crippen LogP contribution in [-0.2, 0) is 5.60 Å². The van der Waals surface area contributed by atoms with Gasteiger partial charge in [0.25, 0.3) is 5.91 Å². The van der Waals surface area contributed by atoms with E-state index < -0.39 is 11.4 Å². The number of imidazole rings is 1. The molecule has 4 rings (SSSR count). The van der Waals surface area contributed by atoms with Crippen molar-refractivity contribution in [2.24, 2.45) is 5.73 Å². The van der Waals surface area contributed by atoms with Crippen LogP contribution < -0.4 is 5.73 Å². The van der Waals surface area contributed by atoms with Crippen LogP contribution in [0.25, 0.3) is 21.9 Å². The van der Waals surface area contributed by atoms with Crippen LogP contribution in [0.5, 0.6) is 0 Å². The van der Waals surface area contributed by atoms with Crippen molar-refractivity contribution in [3.63, 3.8) is 0 Å². The summed E-state index contributed by atoms with van der Waals surface area (Å²) in [6.45, 7) is 13.3. The molecule has 3 N–H and O–H groups in total. The minimum atomic E-state index is -1.00. The van der Waals surface area contributed by atoms with Gasteiger partial charge in [-0.1, -0.05) is 24.3 Å². The van der Waals surface area contributed by atoms with Crippen molar-refractivity contribution >= 4 is 11.6 Å². The van der Waals surface area contributed by atoms with Gasteiger partial charge in [-0.3, -0.25) is 9.36 Å². The summed E-state index contributed by atoms with van der Waals surface area (Å²) in [5, 5.41) is 10.3. The lowest BCUT2D eigenvalue weighted by atomic mass is 9.98. The number of likely N-dealkylation sites (tertiary alicyclic amines) is 1. The Morgan fingerprint density at radius 2 is 1.97 bits per heavy atom. The fourth-order valence-corrected chi connectivity index (χ4v) is 4.09. The van der Waals surface area contributed by atoms with Gasteiger partial charge in [0.05, 0.1) is 17.9 Å². The summed E-state index contributed by atoms with van der Waals surface area (Å²) in [5.74, 6) is -0.469. The number of rotatable bonds is 4. The Balaban J connectivity index is 1.86. The predicted octanol–water partition coefficient (Wildman–Crippen LogP) is 3.94. The van der Waals surface area contributed by atoms with Crippen LogP contribution in [0.15, 0.2) is 42.5 Å². The number of benzene rings is 2. The Bertz CT molecular complexity index is 1250. The number of carbonyl (C=O) groups excluding carboxylic acids is 1. The van der Waals surface area contributed by atoms with Crippen LogP contribution in [0.1, 0.15) is 42.0 Å². The molecule has 1 aliphatic heterocycles. The maximum Gasteiger partial charge on any atom is 0.274 e. The second-order valence-corrected chi connectivity index (χ2v) is 8.89. The molecular formula is C25H26FN5O2. The van der Waals surface area contributed by atoms with Crippen LogP contribution in [0, 0.1) is 19.3 Å². The first-order chi connectivity index (χ1) is 15.6. The average molecular weight is 448 g/mol. The fourth-order valence-electron chi connectivity index (χ4n) is 4.09. The standard InChI is InChI=1S/C25H26FN5O2/c1-15-22(24(32)30-12-11-18(27)14-30)29-23(16-5-10-21(28-4)20(26)13-16)31(15)19-8-6-17(7-9-19)25(2,3)33/h5-10,13,18,33H,11-12,14,27H2,1-3H3/t18-/m1/s1. The molecule has 1 fully saturated rings. The second kappa shape index (κ2) is 8.43. The third-order valence-electron chi connectivity index (χ3n) is 5.98. The molecule has 2 aromatic carbocycles. The number of aliphatic hydroxyl groups is 1. The summed E-state index contributed by atoms with van der Waals surface area (Å²) < 4.78 is 16.2. The topological polar surface area (TPSA) is 88.7 Å². The molecule has 1 aromatic heterocycles. The van der Waals surface area contributed by atoms with E-state index in [1.54, 1.807) is 36.3 Å². The highest BCUT2D eigenvalue weighted by molar-refractivity contribution is 5.94. The van der Waals surface area contributed by atoms with E-state index in [0.29, 0.717) is 30.2 Å². The van der Waals surface area contributed by atoms with E-state index in [2.05, 4.69) is 9.83 Å². The van der Waals surface area contributed by atoms with Crippen molar-refractivity contribution < 1.29 is 14.3 Å². The number of carbonyl (C=O) groups is 1. The van der Waals surface area contributed by atoms with Crippen molar-refractivity contribution in [3.8, 4) is 17.1 Å². The zero-order valence-corrected chi connectivity index (χ0v) is 18.8. The molecule has 0 radical (unpaired) electrons. The summed E-state index contributed by atoms with van der Waals surface area (Å²) in [6.07, 6.45) is 0.736. The van der Waals surface area contributed by atoms with E-state index in [9.17, 15) is 14.3 Å². The summed E-state index contributed by atoms with van der Waals surface area (Å²) >= 11 is 0. The number of nitrogens with two attached hydrogens (primary N) is 1. The summed E-state index contributed by atoms with van der Waals surface area (Å²) in [4.78, 5) is 22.7. The van der Waals surface area contributed by atoms with Gasteiger partial charge in [-0.05, 0) is 51.0 Å². The number of amides is 1. The van der Waals surface area contributed by atoms with Crippen LogP contribution in [-0.4, -0.2) is 44.6 Å². The molecule has 3 aromatic rings. The fraction of sp³-hybridized carbons (Fsp3) is 0.320. The van der Waals surface area contributed by atoms with Crippen LogP contribution in [0.4, 0.5) is 10.1 Å². The van der Waals surface area contributed by atoms with Crippen molar-refractivity contribution in [1.29, 1.82) is 0 Å². The third kappa shape index (κ3) is 4.25. The summed E-state index contributed by atoms with van der Waals surface area (Å²) in [5.41, 5.74) is 7.70. The van der Waals surface area contributed by atoms with Crippen LogP contribution in [0.2, 0.25) is 0 Å². The van der Waals surface area contributed by atoms with E-state index in [1.165, 1.54) is 12.1 Å². The lowest BCUT2D eigenvalue weighted by Gasteiger charge is -2.19. The lowest BCUT2D eigenvalue weighted by molar-refractivity contribution is 0.0779. The Kier molecular flexibility index (Phi) is 5.78. The third-order valence-corrected chi connectivity index (χ3v) is 5.98. The average Bonchev–Trinajstić information content (AvgIpc) is 3.36. The van der Waals surface area contributed by atoms with Gasteiger partial charge >= 0.3 is 0 Å². The molecule has 33 heavy (non-hydrogen) atoms. The lowest BCUT2D eigenvalue weighted by Crippen LogP contribution is -2.32. The minimum Gasteiger partial charge on any atom is -0.386 e. The van der Waals surface area contributed by atoms with Crippen LogP contribution in [0.3, 0.4) is 0 Å². The first-order valence-corrected chi connectivity index (χ1v) is 10.7. The molecule has 0 saturated carbocycles. The zero-order valence-electron chi connectivity index (χ0n) is 18.8. The second-order valence-electron chi connectivity index (χ2n) is 8.89. The molecule has 1 aliphatic rings. The molecule has 170 valence electrons. The van der Waals surface area contributed by atoms with E-state index in [-0.39, 0.29) is 23.3 Å². The molecule has 1 amide bonds. The molecule has 0 aliphatic carbocycles. The number of hydrogen-bond donors (Lipinski definition) is 2. The molecule has 0 spiro atoms. The van der Waals surface area contributed by atoms with Crippen molar-refractivity contribution in [2.45, 2.75) is 38.8 Å². The van der Waals surface area contributed by atoms with Gasteiger partial charge in [-0.15, -0.1) is 0 Å². The quantitative estimate of drug-likeness (QED) is 0.593. The highest BCUT2D eigenvalue weighted by Gasteiger charge is 2.30. The van der Waals surface area contributed by atoms with Crippen LogP contribution >= 0.6 is 0 Å². The molecule has 8 heteroatoms. The van der Waals surface area contributed by atoms with Gasteiger partial charge < -0.3 is 15.7 Å². The maximum absolute atomic E-state index is 14.4. The molecule has 1 atom stereocenters. The smallest absolute Gasteiger partial charge is 0.274 e. The summed E-state index contributed by atoms with van der Waals surface area (Å²) in [6, 6.07) is 11.5. The van der Waals surface area contributed by atoms with E-state index >= 15 is 0 Å². The Morgan fingerprint density at radius 1 is 1.27 bits per heavy atom. The molecule has 7 nitrogen and oxygen atoms in total. The maximum atomic E-state index is 14.4. The number of aromatic nitrogens is 2. The number of halogens is 1. The number of hydrogen-bond acceptors (Lipinski definition) is 4. The minimum absolute atomic E-state index is 0.0551. The van der Waals surface area contributed by atoms with Gasteiger partial charge in [0, 0.05) is 30.4 Å². The SMILES string of the molecule is [C-]#[N+]c1ccc(-c2nc(C(=O)N3CC[C@@H](N)C3)c(C)n2-c2ccc(C(C)(C)O)cc2)cc1F. The Morgan fingerprint density at radius 3 is 2.52 bits per heavy atom. The molecule has 0 unspecified atom stereocenters. The first kappa shape index (κ1) is 22.6. The Labute approximate surface area is 192 Å². The van der Waals surface area contributed by atoms with E-state index in [1.807, 2.05) is 24.3 Å². The summed E-state index contributed by atoms with van der Waals surface area (Å²) in [7, 11) is 0. The van der Waals surface area contributed by atoms with Gasteiger partial charge in [0.1, 0.15) is 17.3 Å². The van der Waals surface area contributed by atoms with Crippen molar-refractivity contribution in [1.82, 2.24) is 14.5 Å². The molecule has 1 saturated heterocycles. The first-order valence-electron chi connectivity index (χ1n) is 10.7. The normalized spacial score (nSPS) is 16.2. The highest BCUT2D eigenvalue weighted by atomic mass is 19.1. The zero-order chi connectivity index (χ0) is 23.9. The largest absolute Gasteiger partial charge is 0.386 e. The number of nitrogens with zero attached hydrogens (tertiary/aromatic N) is 4. The predicted molar refractivity (Wildman–Crippen MR) is 124 cm³/mol. The van der Waals surface area contributed by atoms with Crippen molar-refractivity contribution in [2.75, 3.05) is 13.1 Å². The monoisotopic (exact) mass is 447 g/mol. The molecule has 2 heterocycles. The van der Waals surface area contributed by atoms with E-state index in [0.717, 1.165) is 17.7 Å². The van der Waals surface area contributed by atoms with Gasteiger partial charge in [-0.25, -0.2) is 14.2 Å². The van der Waals surface area contributed by atoms with Crippen molar-refractivity contribution in [3.05, 3.63) is 76.7 Å². The molecular weight excluding hydrogens is 421 g/mol. The Hall–Kier alpha value is -3.54. The van der Waals surface area contributed by atoms with E-state index in [4.69, 9.17) is 12.3 Å². The van der Waals surface area contributed by atoms with Gasteiger partial charge in [0.15, 0.2) is 0 Å². The van der Waals surface area contributed by atoms with Gasteiger partial charge in [-0.2, -0.15) is 0 Å².